The lowest BCUT2D eigenvalue weighted by molar-refractivity contribution is 0.666. The van der Waals surface area contributed by atoms with Crippen molar-refractivity contribution in [3.8, 4) is 85.1 Å². The number of benzene rings is 8. The maximum absolute atomic E-state index is 10.7. The number of para-hydroxylation sites is 1. The SMILES string of the molecule is CC1(C)c2ccccc2-c2ccc3c(c21)c1ccccc1n3-c1c(-c2ccccc2C#N)cc(-c2nc(-c3ccccc3)cc(-c3ccccc3)n2)cc1-c1ccccc1C#N. The Balaban J connectivity index is 1.30. The van der Waals surface area contributed by atoms with Gasteiger partial charge in [-0.05, 0) is 64.7 Å². The number of aromatic nitrogens is 3. The topological polar surface area (TPSA) is 78.3 Å². The smallest absolute Gasteiger partial charge is 0.160 e. The first-order valence-electron chi connectivity index (χ1n) is 20.8. The first-order chi connectivity index (χ1) is 30.4. The fourth-order valence-electron chi connectivity index (χ4n) is 9.71. The molecule has 1 aliphatic rings. The standard InChI is InChI=1S/C57H37N5/c1-57(2)48-27-15-13-25-43(48)44-29-30-52-53(54(44)57)45-26-14-16-28-51(45)62(52)55-46(41-23-11-9-21-38(41)34-58)31-40(32-47(55)42-24-12-10-22-39(42)35-59)56-60-49(36-17-5-3-6-18-36)33-50(61-56)37-19-7-4-8-20-37/h3-33H,1-2H3. The van der Waals surface area contributed by atoms with Crippen molar-refractivity contribution in [2.45, 2.75) is 19.3 Å². The molecule has 62 heavy (non-hydrogen) atoms. The lowest BCUT2D eigenvalue weighted by atomic mass is 9.80. The summed E-state index contributed by atoms with van der Waals surface area (Å²) in [6.07, 6.45) is 0. The minimum absolute atomic E-state index is 0.270. The van der Waals surface area contributed by atoms with E-state index in [0.29, 0.717) is 17.0 Å². The largest absolute Gasteiger partial charge is 0.308 e. The van der Waals surface area contributed by atoms with Gasteiger partial charge in [-0.3, -0.25) is 0 Å². The molecule has 10 aromatic rings. The first-order valence-corrected chi connectivity index (χ1v) is 20.8. The Labute approximate surface area is 360 Å². The van der Waals surface area contributed by atoms with Gasteiger partial charge in [-0.25, -0.2) is 9.97 Å². The van der Waals surface area contributed by atoms with Gasteiger partial charge in [-0.1, -0.05) is 159 Å². The highest BCUT2D eigenvalue weighted by atomic mass is 15.0. The number of hydrogen-bond donors (Lipinski definition) is 0. The second-order valence-corrected chi connectivity index (χ2v) is 16.3. The third-order valence-corrected chi connectivity index (χ3v) is 12.5. The molecule has 0 spiro atoms. The Morgan fingerprint density at radius 2 is 0.968 bits per heavy atom. The van der Waals surface area contributed by atoms with Crippen molar-refractivity contribution in [2.75, 3.05) is 0 Å². The average molecular weight is 792 g/mol. The molecule has 0 bridgehead atoms. The predicted molar refractivity (Wildman–Crippen MR) is 251 cm³/mol. The van der Waals surface area contributed by atoms with E-state index in [4.69, 9.17) is 9.97 Å². The van der Waals surface area contributed by atoms with Gasteiger partial charge in [0.1, 0.15) is 0 Å². The maximum atomic E-state index is 10.7. The van der Waals surface area contributed by atoms with Crippen LogP contribution in [-0.2, 0) is 5.41 Å². The van der Waals surface area contributed by atoms with E-state index in [9.17, 15) is 10.5 Å². The Bertz CT molecular complexity index is 3370. The molecule has 2 heterocycles. The van der Waals surface area contributed by atoms with Crippen LogP contribution >= 0.6 is 0 Å². The quantitative estimate of drug-likeness (QED) is 0.168. The lowest BCUT2D eigenvalue weighted by Gasteiger charge is -2.23. The van der Waals surface area contributed by atoms with Gasteiger partial charge in [0.05, 0.1) is 51.4 Å². The third kappa shape index (κ3) is 5.68. The van der Waals surface area contributed by atoms with Gasteiger partial charge in [-0.2, -0.15) is 10.5 Å². The van der Waals surface area contributed by atoms with Gasteiger partial charge in [-0.15, -0.1) is 0 Å². The Kier molecular flexibility index (Phi) is 8.53. The maximum Gasteiger partial charge on any atom is 0.160 e. The molecule has 0 amide bonds. The normalized spacial score (nSPS) is 12.5. The highest BCUT2D eigenvalue weighted by molar-refractivity contribution is 6.15. The summed E-state index contributed by atoms with van der Waals surface area (Å²) in [6.45, 7) is 4.66. The molecule has 0 atom stereocenters. The van der Waals surface area contributed by atoms with Gasteiger partial charge in [0.15, 0.2) is 5.82 Å². The average Bonchev–Trinajstić information content (AvgIpc) is 3.79. The molecule has 2 aromatic heterocycles. The van der Waals surface area contributed by atoms with Crippen LogP contribution in [0.2, 0.25) is 0 Å². The molecule has 8 aromatic carbocycles. The van der Waals surface area contributed by atoms with E-state index in [1.807, 2.05) is 91.0 Å². The van der Waals surface area contributed by atoms with E-state index in [1.165, 1.54) is 27.6 Å². The molecule has 0 fully saturated rings. The Hall–Kier alpha value is -8.38. The van der Waals surface area contributed by atoms with Crippen LogP contribution in [0.25, 0.3) is 94.8 Å². The zero-order chi connectivity index (χ0) is 42.0. The monoisotopic (exact) mass is 791 g/mol. The number of hydrogen-bond acceptors (Lipinski definition) is 4. The van der Waals surface area contributed by atoms with Crippen LogP contribution in [0.15, 0.2) is 188 Å². The van der Waals surface area contributed by atoms with E-state index >= 15 is 0 Å². The van der Waals surface area contributed by atoms with Gasteiger partial charge < -0.3 is 4.57 Å². The van der Waals surface area contributed by atoms with Crippen molar-refractivity contribution in [3.63, 3.8) is 0 Å². The molecule has 0 radical (unpaired) electrons. The van der Waals surface area contributed by atoms with Crippen LogP contribution in [0.3, 0.4) is 0 Å². The molecule has 11 rings (SSSR count). The van der Waals surface area contributed by atoms with Crippen molar-refractivity contribution >= 4 is 21.8 Å². The zero-order valence-corrected chi connectivity index (χ0v) is 34.1. The van der Waals surface area contributed by atoms with Crippen LogP contribution < -0.4 is 0 Å². The fraction of sp³-hybridized carbons (Fsp3) is 0.0526. The summed E-state index contributed by atoms with van der Waals surface area (Å²) in [5.41, 5.74) is 16.3. The minimum Gasteiger partial charge on any atom is -0.308 e. The summed E-state index contributed by atoms with van der Waals surface area (Å²) >= 11 is 0. The van der Waals surface area contributed by atoms with Crippen LogP contribution in [0.4, 0.5) is 0 Å². The van der Waals surface area contributed by atoms with Crippen molar-refractivity contribution < 1.29 is 0 Å². The fourth-order valence-corrected chi connectivity index (χ4v) is 9.71. The molecule has 0 saturated carbocycles. The van der Waals surface area contributed by atoms with Crippen LogP contribution in [-0.4, -0.2) is 14.5 Å². The zero-order valence-electron chi connectivity index (χ0n) is 34.1. The molecular weight excluding hydrogens is 755 g/mol. The summed E-state index contributed by atoms with van der Waals surface area (Å²) in [6, 6.07) is 69.1. The summed E-state index contributed by atoms with van der Waals surface area (Å²) in [4.78, 5) is 10.5. The van der Waals surface area contributed by atoms with Crippen molar-refractivity contribution in [1.29, 1.82) is 10.5 Å². The van der Waals surface area contributed by atoms with E-state index < -0.39 is 0 Å². The van der Waals surface area contributed by atoms with Crippen LogP contribution in [0.5, 0.6) is 0 Å². The van der Waals surface area contributed by atoms with Crippen LogP contribution in [0.1, 0.15) is 36.1 Å². The van der Waals surface area contributed by atoms with Gasteiger partial charge >= 0.3 is 0 Å². The number of rotatable bonds is 6. The van der Waals surface area contributed by atoms with Gasteiger partial charge in [0.2, 0.25) is 0 Å². The molecule has 5 heteroatoms. The highest BCUT2D eigenvalue weighted by Crippen LogP contribution is 2.54. The van der Waals surface area contributed by atoms with Gasteiger partial charge in [0.25, 0.3) is 0 Å². The van der Waals surface area contributed by atoms with Crippen molar-refractivity contribution in [2.24, 2.45) is 0 Å². The highest BCUT2D eigenvalue weighted by Gasteiger charge is 2.38. The second-order valence-electron chi connectivity index (χ2n) is 16.3. The molecule has 0 N–H and O–H groups in total. The Morgan fingerprint density at radius 3 is 1.56 bits per heavy atom. The number of nitrogens with zero attached hydrogens (tertiary/aromatic N) is 5. The molecule has 0 saturated heterocycles. The second kappa shape index (κ2) is 14.4. The lowest BCUT2D eigenvalue weighted by Crippen LogP contribution is -2.15. The molecule has 0 unspecified atom stereocenters. The Morgan fingerprint density at radius 1 is 0.452 bits per heavy atom. The van der Waals surface area contributed by atoms with E-state index in [-0.39, 0.29) is 5.41 Å². The first kappa shape index (κ1) is 36.7. The van der Waals surface area contributed by atoms with Crippen LogP contribution in [0, 0.1) is 22.7 Å². The summed E-state index contributed by atoms with van der Waals surface area (Å²) in [7, 11) is 0. The van der Waals surface area contributed by atoms with Gasteiger partial charge in [0, 0.05) is 55.1 Å². The third-order valence-electron chi connectivity index (χ3n) is 12.5. The summed E-state index contributed by atoms with van der Waals surface area (Å²) in [5, 5.41) is 23.8. The molecule has 1 aliphatic carbocycles. The summed E-state index contributed by atoms with van der Waals surface area (Å²) in [5.74, 6) is 0.530. The predicted octanol–water partition coefficient (Wildman–Crippen LogP) is 14.0. The molecule has 290 valence electrons. The molecule has 5 nitrogen and oxygen atoms in total. The van der Waals surface area contributed by atoms with Crippen molar-refractivity contribution in [3.05, 3.63) is 210 Å². The van der Waals surface area contributed by atoms with E-state index in [2.05, 4.69) is 128 Å². The number of fused-ring (bicyclic) bond motifs is 7. The van der Waals surface area contributed by atoms with E-state index in [0.717, 1.165) is 72.4 Å². The number of nitriles is 2. The van der Waals surface area contributed by atoms with E-state index in [1.54, 1.807) is 0 Å². The molecule has 0 aliphatic heterocycles. The summed E-state index contributed by atoms with van der Waals surface area (Å²) < 4.78 is 2.36. The minimum atomic E-state index is -0.270. The van der Waals surface area contributed by atoms with Crippen molar-refractivity contribution in [1.82, 2.24) is 14.5 Å². The molecular formula is C57H37N5.